The molecule has 0 aromatic carbocycles. The molecular formula is C11H17NS. The number of hydrogen-bond acceptors (Lipinski definition) is 2. The molecule has 13 heavy (non-hydrogen) atoms. The smallest absolute Gasteiger partial charge is 0.0138 e. The normalized spacial score (nSPS) is 11.6. The van der Waals surface area contributed by atoms with Crippen molar-refractivity contribution < 1.29 is 0 Å². The molecule has 2 heteroatoms. The van der Waals surface area contributed by atoms with Gasteiger partial charge in [-0.15, -0.1) is 0 Å². The van der Waals surface area contributed by atoms with Crippen LogP contribution in [-0.4, -0.2) is 13.1 Å². The Morgan fingerprint density at radius 1 is 1.54 bits per heavy atom. The minimum atomic E-state index is 0.731. The molecule has 1 rings (SSSR count). The summed E-state index contributed by atoms with van der Waals surface area (Å²) in [6.45, 7) is 6.49. The Morgan fingerprint density at radius 2 is 2.38 bits per heavy atom. The maximum atomic E-state index is 3.36. The predicted octanol–water partition coefficient (Wildman–Crippen LogP) is 3.01. The Labute approximate surface area is 84.5 Å². The van der Waals surface area contributed by atoms with Crippen LogP contribution < -0.4 is 5.32 Å². The molecule has 0 atom stereocenters. The third-order valence-corrected chi connectivity index (χ3v) is 2.37. The van der Waals surface area contributed by atoms with E-state index < -0.39 is 0 Å². The lowest BCUT2D eigenvalue weighted by molar-refractivity contribution is 0.577. The monoisotopic (exact) mass is 195 g/mol. The summed E-state index contributed by atoms with van der Waals surface area (Å²) in [7, 11) is 0. The van der Waals surface area contributed by atoms with Gasteiger partial charge in [-0.1, -0.05) is 26.0 Å². The van der Waals surface area contributed by atoms with Crippen LogP contribution in [0.3, 0.4) is 0 Å². The lowest BCUT2D eigenvalue weighted by atomic mass is 10.2. The van der Waals surface area contributed by atoms with Crippen LogP contribution in [-0.2, 0) is 0 Å². The summed E-state index contributed by atoms with van der Waals surface area (Å²) in [6, 6.07) is 2.13. The molecule has 1 aromatic heterocycles. The van der Waals surface area contributed by atoms with E-state index >= 15 is 0 Å². The van der Waals surface area contributed by atoms with Crippen LogP contribution >= 0.6 is 11.3 Å². The fourth-order valence-electron chi connectivity index (χ4n) is 1.02. The van der Waals surface area contributed by atoms with E-state index in [1.807, 2.05) is 0 Å². The highest BCUT2D eigenvalue weighted by Gasteiger charge is 1.89. The minimum Gasteiger partial charge on any atom is -0.313 e. The molecule has 1 nitrogen and oxygen atoms in total. The van der Waals surface area contributed by atoms with Crippen LogP contribution in [0.25, 0.3) is 6.08 Å². The molecule has 0 spiro atoms. The topological polar surface area (TPSA) is 12.0 Å². The zero-order valence-corrected chi connectivity index (χ0v) is 9.10. The average molecular weight is 195 g/mol. The highest BCUT2D eigenvalue weighted by Crippen LogP contribution is 2.06. The van der Waals surface area contributed by atoms with Gasteiger partial charge in [0.2, 0.25) is 0 Å². The van der Waals surface area contributed by atoms with Gasteiger partial charge >= 0.3 is 0 Å². The van der Waals surface area contributed by atoms with Crippen LogP contribution in [0.5, 0.6) is 0 Å². The van der Waals surface area contributed by atoms with Crippen molar-refractivity contribution in [3.05, 3.63) is 28.5 Å². The van der Waals surface area contributed by atoms with E-state index in [1.54, 1.807) is 11.3 Å². The summed E-state index contributed by atoms with van der Waals surface area (Å²) in [5.41, 5.74) is 1.30. The predicted molar refractivity (Wildman–Crippen MR) is 61.1 cm³/mol. The van der Waals surface area contributed by atoms with Gasteiger partial charge in [-0.05, 0) is 34.9 Å². The van der Waals surface area contributed by atoms with E-state index in [-0.39, 0.29) is 0 Å². The Kier molecular flexibility index (Phi) is 4.79. The molecule has 0 saturated carbocycles. The van der Waals surface area contributed by atoms with E-state index in [4.69, 9.17) is 0 Å². The first kappa shape index (κ1) is 10.5. The third-order valence-electron chi connectivity index (χ3n) is 1.67. The molecular weight excluding hydrogens is 178 g/mol. The number of hydrogen-bond donors (Lipinski definition) is 1. The first-order chi connectivity index (χ1) is 6.29. The van der Waals surface area contributed by atoms with Crippen molar-refractivity contribution in [1.82, 2.24) is 5.32 Å². The van der Waals surface area contributed by atoms with Gasteiger partial charge in [-0.2, -0.15) is 11.3 Å². The van der Waals surface area contributed by atoms with E-state index in [1.165, 1.54) is 5.56 Å². The van der Waals surface area contributed by atoms with Gasteiger partial charge in [0, 0.05) is 6.54 Å². The molecule has 0 bridgehead atoms. The van der Waals surface area contributed by atoms with Crippen molar-refractivity contribution in [3.8, 4) is 0 Å². The quantitative estimate of drug-likeness (QED) is 0.712. The molecule has 72 valence electrons. The van der Waals surface area contributed by atoms with Crippen LogP contribution in [0.2, 0.25) is 0 Å². The standard InChI is InChI=1S/C11H17NS/c1-10(2)8-12-6-3-4-11-5-7-13-9-11/h3-5,7,9-10,12H,6,8H2,1-2H3. The van der Waals surface area contributed by atoms with Crippen LogP contribution in [0.15, 0.2) is 22.9 Å². The number of rotatable bonds is 5. The molecule has 0 saturated heterocycles. The summed E-state index contributed by atoms with van der Waals surface area (Å²) in [5, 5.41) is 7.61. The maximum absolute atomic E-state index is 3.36. The zero-order valence-electron chi connectivity index (χ0n) is 8.29. The lowest BCUT2D eigenvalue weighted by Crippen LogP contribution is -2.19. The summed E-state index contributed by atoms with van der Waals surface area (Å²) >= 11 is 1.74. The molecule has 0 fully saturated rings. The largest absolute Gasteiger partial charge is 0.313 e. The van der Waals surface area contributed by atoms with Crippen molar-refractivity contribution >= 4 is 17.4 Å². The summed E-state index contributed by atoms with van der Waals surface area (Å²) < 4.78 is 0. The summed E-state index contributed by atoms with van der Waals surface area (Å²) in [6.07, 6.45) is 4.33. The second kappa shape index (κ2) is 5.95. The summed E-state index contributed by atoms with van der Waals surface area (Å²) in [5.74, 6) is 0.731. The number of nitrogens with one attached hydrogen (secondary N) is 1. The summed E-state index contributed by atoms with van der Waals surface area (Å²) in [4.78, 5) is 0. The van der Waals surface area contributed by atoms with Crippen LogP contribution in [0.1, 0.15) is 19.4 Å². The SMILES string of the molecule is CC(C)CNCC=Cc1ccsc1. The molecule has 0 amide bonds. The lowest BCUT2D eigenvalue weighted by Gasteiger charge is -2.03. The number of thiophene rings is 1. The third kappa shape index (κ3) is 4.86. The van der Waals surface area contributed by atoms with E-state index in [0.717, 1.165) is 19.0 Å². The van der Waals surface area contributed by atoms with Crippen molar-refractivity contribution in [3.63, 3.8) is 0 Å². The molecule has 1 N–H and O–H groups in total. The molecule has 1 heterocycles. The minimum absolute atomic E-state index is 0.731. The second-order valence-electron chi connectivity index (χ2n) is 3.51. The molecule has 0 aliphatic carbocycles. The molecule has 0 aliphatic heterocycles. The molecule has 0 radical (unpaired) electrons. The van der Waals surface area contributed by atoms with Crippen molar-refractivity contribution in [2.24, 2.45) is 5.92 Å². The highest BCUT2D eigenvalue weighted by molar-refractivity contribution is 7.08. The Bertz CT molecular complexity index is 237. The van der Waals surface area contributed by atoms with E-state index in [2.05, 4.69) is 48.1 Å². The van der Waals surface area contributed by atoms with Crippen LogP contribution in [0.4, 0.5) is 0 Å². The Morgan fingerprint density at radius 3 is 3.00 bits per heavy atom. The van der Waals surface area contributed by atoms with Gasteiger partial charge in [0.1, 0.15) is 0 Å². The highest BCUT2D eigenvalue weighted by atomic mass is 32.1. The first-order valence-corrected chi connectivity index (χ1v) is 5.63. The Balaban J connectivity index is 2.12. The van der Waals surface area contributed by atoms with Crippen LogP contribution in [0, 0.1) is 5.92 Å². The van der Waals surface area contributed by atoms with Crippen molar-refractivity contribution in [1.29, 1.82) is 0 Å². The Hall–Kier alpha value is -0.600. The average Bonchev–Trinajstić information content (AvgIpc) is 2.55. The van der Waals surface area contributed by atoms with Gasteiger partial charge in [0.05, 0.1) is 0 Å². The second-order valence-corrected chi connectivity index (χ2v) is 4.29. The van der Waals surface area contributed by atoms with Crippen molar-refractivity contribution in [2.75, 3.05) is 13.1 Å². The molecule has 0 aliphatic rings. The van der Waals surface area contributed by atoms with E-state index in [9.17, 15) is 0 Å². The first-order valence-electron chi connectivity index (χ1n) is 4.68. The van der Waals surface area contributed by atoms with Gasteiger partial charge in [0.25, 0.3) is 0 Å². The van der Waals surface area contributed by atoms with E-state index in [0.29, 0.717) is 0 Å². The molecule has 1 aromatic rings. The van der Waals surface area contributed by atoms with Crippen molar-refractivity contribution in [2.45, 2.75) is 13.8 Å². The maximum Gasteiger partial charge on any atom is 0.0138 e. The zero-order chi connectivity index (χ0) is 9.52. The fraction of sp³-hybridized carbons (Fsp3) is 0.455. The van der Waals surface area contributed by atoms with Gasteiger partial charge < -0.3 is 5.32 Å². The molecule has 0 unspecified atom stereocenters. The van der Waals surface area contributed by atoms with Gasteiger partial charge in [-0.3, -0.25) is 0 Å². The fourth-order valence-corrected chi connectivity index (χ4v) is 1.65. The van der Waals surface area contributed by atoms with Gasteiger partial charge in [0.15, 0.2) is 0 Å². The van der Waals surface area contributed by atoms with Gasteiger partial charge in [-0.25, -0.2) is 0 Å².